The summed E-state index contributed by atoms with van der Waals surface area (Å²) in [5.74, 6) is -0.567. The smallest absolute Gasteiger partial charge is 0.277 e. The molecular weight excluding hydrogens is 450 g/mol. The van der Waals surface area contributed by atoms with E-state index in [0.29, 0.717) is 31.3 Å². The summed E-state index contributed by atoms with van der Waals surface area (Å²) in [6.45, 7) is 4.01. The third kappa shape index (κ3) is 5.30. The summed E-state index contributed by atoms with van der Waals surface area (Å²) in [5, 5.41) is 23.0. The number of carbonyl (C=O) groups is 1. The van der Waals surface area contributed by atoms with E-state index in [1.165, 1.54) is 16.2 Å². The van der Waals surface area contributed by atoms with E-state index in [0.717, 1.165) is 48.0 Å². The molecule has 1 aliphatic rings. The number of nitrogens with zero attached hydrogens (tertiary/aromatic N) is 5. The van der Waals surface area contributed by atoms with Crippen LogP contribution in [-0.4, -0.2) is 65.0 Å². The number of carbonyl (C=O) groups excluding carboxylic acids is 1. The van der Waals surface area contributed by atoms with Crippen molar-refractivity contribution in [2.24, 2.45) is 0 Å². The highest BCUT2D eigenvalue weighted by molar-refractivity contribution is 7.22. The van der Waals surface area contributed by atoms with Crippen molar-refractivity contribution in [2.45, 2.75) is 6.42 Å². The van der Waals surface area contributed by atoms with Crippen LogP contribution in [-0.2, 0) is 4.74 Å². The Hall–Kier alpha value is -3.48. The second kappa shape index (κ2) is 9.98. The minimum absolute atomic E-state index is 0.124. The molecule has 1 amide bonds. The lowest BCUT2D eigenvalue weighted by atomic mass is 10.1. The van der Waals surface area contributed by atoms with Crippen molar-refractivity contribution in [1.29, 1.82) is 0 Å². The summed E-state index contributed by atoms with van der Waals surface area (Å²) >= 11 is 1.33. The van der Waals surface area contributed by atoms with Gasteiger partial charge >= 0.3 is 0 Å². The van der Waals surface area contributed by atoms with E-state index in [-0.39, 0.29) is 5.56 Å². The molecule has 0 atom stereocenters. The minimum Gasteiger partial charge on any atom is -0.379 e. The number of ether oxygens (including phenoxy) is 1. The minimum atomic E-state index is -0.746. The van der Waals surface area contributed by atoms with Crippen LogP contribution in [0, 0.1) is 20.2 Å². The number of nitro benzene ring substituents is 2. The molecule has 0 unspecified atom stereocenters. The van der Waals surface area contributed by atoms with Crippen LogP contribution in [0.3, 0.4) is 0 Å². The van der Waals surface area contributed by atoms with Crippen LogP contribution in [0.4, 0.5) is 16.5 Å². The number of morpholine rings is 1. The van der Waals surface area contributed by atoms with Crippen LogP contribution < -0.4 is 4.90 Å². The van der Waals surface area contributed by atoms with Crippen molar-refractivity contribution >= 4 is 44.0 Å². The second-order valence-corrected chi connectivity index (χ2v) is 8.49. The van der Waals surface area contributed by atoms with Crippen LogP contribution >= 0.6 is 11.3 Å². The van der Waals surface area contributed by atoms with E-state index in [4.69, 9.17) is 4.74 Å². The van der Waals surface area contributed by atoms with Gasteiger partial charge in [0, 0.05) is 38.3 Å². The monoisotopic (exact) mass is 471 g/mol. The summed E-state index contributed by atoms with van der Waals surface area (Å²) in [5.41, 5.74) is -0.412. The fraction of sp³-hybridized carbons (Fsp3) is 0.333. The fourth-order valence-electron chi connectivity index (χ4n) is 3.62. The summed E-state index contributed by atoms with van der Waals surface area (Å²) in [4.78, 5) is 42.8. The molecule has 33 heavy (non-hydrogen) atoms. The van der Waals surface area contributed by atoms with Gasteiger partial charge in [0.1, 0.15) is 0 Å². The maximum atomic E-state index is 13.5. The highest BCUT2D eigenvalue weighted by atomic mass is 32.1. The van der Waals surface area contributed by atoms with Gasteiger partial charge in [0.15, 0.2) is 5.13 Å². The van der Waals surface area contributed by atoms with Gasteiger partial charge in [-0.1, -0.05) is 23.5 Å². The third-order valence-electron chi connectivity index (χ3n) is 5.29. The highest BCUT2D eigenvalue weighted by Gasteiger charge is 2.26. The molecule has 172 valence electrons. The summed E-state index contributed by atoms with van der Waals surface area (Å²) in [6.07, 6.45) is 0.638. The van der Waals surface area contributed by atoms with E-state index < -0.39 is 27.1 Å². The number of benzene rings is 2. The Balaban J connectivity index is 1.65. The zero-order valence-electron chi connectivity index (χ0n) is 17.6. The zero-order chi connectivity index (χ0) is 23.4. The molecule has 2 aromatic carbocycles. The topological polar surface area (TPSA) is 132 Å². The first-order valence-electron chi connectivity index (χ1n) is 10.3. The largest absolute Gasteiger partial charge is 0.379 e. The number of aromatic nitrogens is 1. The molecule has 11 nitrogen and oxygen atoms in total. The molecule has 1 aromatic heterocycles. The van der Waals surface area contributed by atoms with Crippen molar-refractivity contribution < 1.29 is 19.4 Å². The van der Waals surface area contributed by atoms with Crippen LogP contribution in [0.15, 0.2) is 42.5 Å². The van der Waals surface area contributed by atoms with E-state index in [1.807, 2.05) is 24.3 Å². The summed E-state index contributed by atoms with van der Waals surface area (Å²) in [7, 11) is 0. The first-order valence-corrected chi connectivity index (χ1v) is 11.2. The van der Waals surface area contributed by atoms with Gasteiger partial charge in [-0.2, -0.15) is 0 Å². The lowest BCUT2D eigenvalue weighted by Crippen LogP contribution is -2.39. The first-order chi connectivity index (χ1) is 15.9. The molecule has 0 radical (unpaired) electrons. The van der Waals surface area contributed by atoms with E-state index in [1.54, 1.807) is 0 Å². The molecule has 0 N–H and O–H groups in total. The molecule has 0 spiro atoms. The summed E-state index contributed by atoms with van der Waals surface area (Å²) < 4.78 is 6.25. The van der Waals surface area contributed by atoms with Crippen molar-refractivity contribution in [2.75, 3.05) is 44.3 Å². The Morgan fingerprint density at radius 2 is 1.76 bits per heavy atom. The number of fused-ring (bicyclic) bond motifs is 1. The molecule has 0 bridgehead atoms. The molecule has 2 heterocycles. The van der Waals surface area contributed by atoms with Gasteiger partial charge in [0.2, 0.25) is 0 Å². The van der Waals surface area contributed by atoms with E-state index >= 15 is 0 Å². The quantitative estimate of drug-likeness (QED) is 0.360. The molecule has 1 fully saturated rings. The van der Waals surface area contributed by atoms with Crippen molar-refractivity contribution in [1.82, 2.24) is 9.88 Å². The number of hydrogen-bond acceptors (Lipinski definition) is 9. The number of thiazole rings is 1. The van der Waals surface area contributed by atoms with Gasteiger partial charge in [-0.3, -0.25) is 34.8 Å². The van der Waals surface area contributed by atoms with E-state index in [9.17, 15) is 25.0 Å². The normalized spacial score (nSPS) is 14.3. The maximum absolute atomic E-state index is 13.5. The number of anilines is 1. The SMILES string of the molecule is O=C(c1cc([N+](=O)[O-])cc([N+](=O)[O-])c1)N(CCCN1CCOCC1)c1nc2ccccc2s1. The average molecular weight is 471 g/mol. The fourth-order valence-corrected chi connectivity index (χ4v) is 4.61. The molecule has 4 rings (SSSR count). The van der Waals surface area contributed by atoms with Gasteiger partial charge in [-0.05, 0) is 18.6 Å². The number of non-ortho nitro benzene ring substituents is 2. The molecule has 1 saturated heterocycles. The van der Waals surface area contributed by atoms with Crippen LogP contribution in [0.2, 0.25) is 0 Å². The molecular formula is C21H21N5O6S. The Morgan fingerprint density at radius 1 is 1.09 bits per heavy atom. The highest BCUT2D eigenvalue weighted by Crippen LogP contribution is 2.31. The predicted molar refractivity (Wildman–Crippen MR) is 123 cm³/mol. The Kier molecular flexibility index (Phi) is 6.87. The first kappa shape index (κ1) is 22.7. The number of amides is 1. The van der Waals surface area contributed by atoms with Crippen molar-refractivity contribution in [3.63, 3.8) is 0 Å². The third-order valence-corrected chi connectivity index (χ3v) is 6.35. The Bertz CT molecular complexity index is 1130. The van der Waals surface area contributed by atoms with Crippen LogP contribution in [0.5, 0.6) is 0 Å². The maximum Gasteiger partial charge on any atom is 0.277 e. The van der Waals surface area contributed by atoms with Crippen molar-refractivity contribution in [3.05, 3.63) is 68.3 Å². The van der Waals surface area contributed by atoms with Gasteiger partial charge in [0.25, 0.3) is 17.3 Å². The number of rotatable bonds is 8. The zero-order valence-corrected chi connectivity index (χ0v) is 18.4. The van der Waals surface area contributed by atoms with Crippen LogP contribution in [0.25, 0.3) is 10.2 Å². The van der Waals surface area contributed by atoms with Gasteiger partial charge in [0.05, 0.1) is 44.9 Å². The summed E-state index contributed by atoms with van der Waals surface area (Å²) in [6, 6.07) is 10.4. The van der Waals surface area contributed by atoms with Crippen molar-refractivity contribution in [3.8, 4) is 0 Å². The lowest BCUT2D eigenvalue weighted by molar-refractivity contribution is -0.394. The van der Waals surface area contributed by atoms with Gasteiger partial charge < -0.3 is 4.74 Å². The Labute approximate surface area is 192 Å². The molecule has 1 aliphatic heterocycles. The number of nitro groups is 2. The number of hydrogen-bond donors (Lipinski definition) is 0. The number of para-hydroxylation sites is 1. The predicted octanol–water partition coefficient (Wildman–Crippen LogP) is 3.48. The van der Waals surface area contributed by atoms with Gasteiger partial charge in [-0.25, -0.2) is 4.98 Å². The van der Waals surface area contributed by atoms with Gasteiger partial charge in [-0.15, -0.1) is 0 Å². The lowest BCUT2D eigenvalue weighted by Gasteiger charge is -2.27. The molecule has 0 saturated carbocycles. The molecule has 12 heteroatoms. The molecule has 3 aromatic rings. The average Bonchev–Trinajstić information content (AvgIpc) is 3.25. The standard InChI is InChI=1S/C21H21N5O6S/c27-20(15-12-16(25(28)29)14-17(13-15)26(30)31)24(7-3-6-23-8-10-32-11-9-23)21-22-18-4-1-2-5-19(18)33-21/h1-2,4-5,12-14H,3,6-11H2. The molecule has 0 aliphatic carbocycles. The Morgan fingerprint density at radius 3 is 2.39 bits per heavy atom. The van der Waals surface area contributed by atoms with Crippen LogP contribution in [0.1, 0.15) is 16.8 Å². The van der Waals surface area contributed by atoms with E-state index in [2.05, 4.69) is 9.88 Å². The second-order valence-electron chi connectivity index (χ2n) is 7.48.